The van der Waals surface area contributed by atoms with Gasteiger partial charge >= 0.3 is 0 Å². The quantitative estimate of drug-likeness (QED) is 0.637. The summed E-state index contributed by atoms with van der Waals surface area (Å²) in [7, 11) is -0.275. The third-order valence-corrected chi connectivity index (χ3v) is 7.07. The molecule has 1 radical (unpaired) electrons. The van der Waals surface area contributed by atoms with Crippen LogP contribution in [0, 0.1) is 0 Å². The minimum atomic E-state index is -0.275. The van der Waals surface area contributed by atoms with Gasteiger partial charge in [0.1, 0.15) is 0 Å². The van der Waals surface area contributed by atoms with Crippen LogP contribution in [0.25, 0.3) is 0 Å². The maximum Gasteiger partial charge on any atom is 0.0583 e. The lowest BCUT2D eigenvalue weighted by Crippen LogP contribution is -2.28. The Balaban J connectivity index is 2.64. The highest BCUT2D eigenvalue weighted by Gasteiger charge is 2.25. The molecular formula is C15H25Si. The highest BCUT2D eigenvalue weighted by Crippen LogP contribution is 2.32. The van der Waals surface area contributed by atoms with E-state index in [0.29, 0.717) is 5.04 Å². The molecule has 0 unspecified atom stereocenters. The van der Waals surface area contributed by atoms with Gasteiger partial charge in [0.25, 0.3) is 0 Å². The molecule has 0 spiro atoms. The van der Waals surface area contributed by atoms with Gasteiger partial charge in [0.15, 0.2) is 0 Å². The largest absolute Gasteiger partial charge is 0.0654 e. The molecule has 0 N–H and O–H groups in total. The lowest BCUT2D eigenvalue weighted by atomic mass is 10.2. The molecule has 89 valence electrons. The molecule has 1 rings (SSSR count). The SMILES string of the molecule is CCCC[Si](Cc1ccccc1)C(C)(C)C. The zero-order valence-electron chi connectivity index (χ0n) is 11.2. The van der Waals surface area contributed by atoms with E-state index in [9.17, 15) is 0 Å². The zero-order valence-corrected chi connectivity index (χ0v) is 12.2. The number of hydrogen-bond donors (Lipinski definition) is 0. The van der Waals surface area contributed by atoms with Crippen LogP contribution in [-0.4, -0.2) is 8.80 Å². The van der Waals surface area contributed by atoms with E-state index >= 15 is 0 Å². The van der Waals surface area contributed by atoms with Crippen LogP contribution in [-0.2, 0) is 6.04 Å². The van der Waals surface area contributed by atoms with Gasteiger partial charge in [0.2, 0.25) is 0 Å². The van der Waals surface area contributed by atoms with Gasteiger partial charge in [0.05, 0.1) is 8.80 Å². The van der Waals surface area contributed by atoms with E-state index in [1.807, 2.05) is 0 Å². The third kappa shape index (κ3) is 4.52. The molecule has 0 amide bonds. The molecule has 0 bridgehead atoms. The molecule has 0 saturated carbocycles. The molecule has 1 aromatic rings. The van der Waals surface area contributed by atoms with Crippen molar-refractivity contribution in [2.24, 2.45) is 0 Å². The standard InChI is InChI=1S/C15H25Si/c1-5-6-12-16(15(2,3)4)13-14-10-8-7-9-11-14/h7-11H,5-6,12-13H2,1-4H3. The van der Waals surface area contributed by atoms with E-state index < -0.39 is 0 Å². The topological polar surface area (TPSA) is 0 Å². The zero-order chi connectivity index (χ0) is 12.0. The van der Waals surface area contributed by atoms with Crippen LogP contribution in [0.4, 0.5) is 0 Å². The van der Waals surface area contributed by atoms with Crippen molar-refractivity contribution in [3.8, 4) is 0 Å². The summed E-state index contributed by atoms with van der Waals surface area (Å²) >= 11 is 0. The first kappa shape index (κ1) is 13.5. The summed E-state index contributed by atoms with van der Waals surface area (Å²) < 4.78 is 0. The van der Waals surface area contributed by atoms with Crippen molar-refractivity contribution in [3.05, 3.63) is 35.9 Å². The predicted octanol–water partition coefficient (Wildman–Crippen LogP) is 4.86. The Morgan fingerprint density at radius 3 is 2.19 bits per heavy atom. The summed E-state index contributed by atoms with van der Waals surface area (Å²) in [5, 5.41) is 0.523. The molecule has 0 saturated heterocycles. The second-order valence-electron chi connectivity index (χ2n) is 5.62. The molecule has 1 heteroatoms. The first-order chi connectivity index (χ1) is 7.54. The number of hydrogen-bond acceptors (Lipinski definition) is 0. The van der Waals surface area contributed by atoms with E-state index in [1.54, 1.807) is 0 Å². The summed E-state index contributed by atoms with van der Waals surface area (Å²) in [4.78, 5) is 0. The Hall–Kier alpha value is -0.563. The number of benzene rings is 1. The Morgan fingerprint density at radius 1 is 1.06 bits per heavy atom. The van der Waals surface area contributed by atoms with Gasteiger partial charge in [-0.2, -0.15) is 0 Å². The lowest BCUT2D eigenvalue weighted by molar-refractivity contribution is 0.712. The first-order valence-electron chi connectivity index (χ1n) is 6.43. The fraction of sp³-hybridized carbons (Fsp3) is 0.600. The Kier molecular flexibility index (Phi) is 5.27. The van der Waals surface area contributed by atoms with Crippen molar-refractivity contribution >= 4 is 8.80 Å². The maximum atomic E-state index is 2.42. The molecule has 0 nitrogen and oxygen atoms in total. The number of unbranched alkanes of at least 4 members (excludes halogenated alkanes) is 1. The van der Waals surface area contributed by atoms with Gasteiger partial charge in [-0.1, -0.05) is 82.5 Å². The molecule has 0 aliphatic carbocycles. The van der Waals surface area contributed by atoms with Gasteiger partial charge in [0, 0.05) is 0 Å². The van der Waals surface area contributed by atoms with Crippen LogP contribution in [0.15, 0.2) is 30.3 Å². The molecule has 0 aliphatic heterocycles. The molecular weight excluding hydrogens is 208 g/mol. The first-order valence-corrected chi connectivity index (χ1v) is 8.34. The summed E-state index contributed by atoms with van der Waals surface area (Å²) in [6.07, 6.45) is 2.73. The van der Waals surface area contributed by atoms with Crippen LogP contribution in [0.2, 0.25) is 11.1 Å². The fourth-order valence-corrected chi connectivity index (χ4v) is 4.93. The van der Waals surface area contributed by atoms with Gasteiger partial charge in [-0.3, -0.25) is 0 Å². The van der Waals surface area contributed by atoms with E-state index in [1.165, 1.54) is 30.5 Å². The average Bonchev–Trinajstić information content (AvgIpc) is 2.24. The van der Waals surface area contributed by atoms with E-state index in [-0.39, 0.29) is 8.80 Å². The molecule has 1 aromatic carbocycles. The van der Waals surface area contributed by atoms with Gasteiger partial charge in [-0.15, -0.1) is 0 Å². The Labute approximate surface area is 103 Å². The summed E-state index contributed by atoms with van der Waals surface area (Å²) in [5.41, 5.74) is 1.53. The van der Waals surface area contributed by atoms with Crippen molar-refractivity contribution in [2.45, 2.75) is 57.7 Å². The van der Waals surface area contributed by atoms with Crippen LogP contribution in [0.5, 0.6) is 0 Å². The Morgan fingerprint density at radius 2 is 1.69 bits per heavy atom. The minimum absolute atomic E-state index is 0.275. The van der Waals surface area contributed by atoms with Crippen LogP contribution in [0.1, 0.15) is 46.1 Å². The normalized spacial score (nSPS) is 12.1. The lowest BCUT2D eigenvalue weighted by Gasteiger charge is -2.29. The molecule has 0 aliphatic rings. The van der Waals surface area contributed by atoms with Crippen molar-refractivity contribution in [1.29, 1.82) is 0 Å². The maximum absolute atomic E-state index is 2.42. The summed E-state index contributed by atoms with van der Waals surface area (Å²) in [6.45, 7) is 9.55. The van der Waals surface area contributed by atoms with Crippen molar-refractivity contribution in [2.75, 3.05) is 0 Å². The summed E-state index contributed by atoms with van der Waals surface area (Å²) in [6, 6.07) is 13.8. The van der Waals surface area contributed by atoms with Crippen LogP contribution in [0.3, 0.4) is 0 Å². The Bertz CT molecular complexity index is 284. The average molecular weight is 233 g/mol. The van der Waals surface area contributed by atoms with Crippen molar-refractivity contribution in [3.63, 3.8) is 0 Å². The second kappa shape index (κ2) is 6.24. The third-order valence-electron chi connectivity index (χ3n) is 3.15. The van der Waals surface area contributed by atoms with Gasteiger partial charge in [-0.25, -0.2) is 0 Å². The van der Waals surface area contributed by atoms with E-state index in [0.717, 1.165) is 0 Å². The predicted molar refractivity (Wildman–Crippen MR) is 75.3 cm³/mol. The molecule has 0 heterocycles. The minimum Gasteiger partial charge on any atom is -0.0654 e. The summed E-state index contributed by atoms with van der Waals surface area (Å²) in [5.74, 6) is 0. The monoisotopic (exact) mass is 233 g/mol. The van der Waals surface area contributed by atoms with Crippen LogP contribution >= 0.6 is 0 Å². The molecule has 0 fully saturated rings. The van der Waals surface area contributed by atoms with Crippen molar-refractivity contribution in [1.82, 2.24) is 0 Å². The van der Waals surface area contributed by atoms with Gasteiger partial charge in [-0.05, 0) is 11.1 Å². The molecule has 0 atom stereocenters. The molecule has 0 aromatic heterocycles. The van der Waals surface area contributed by atoms with Crippen molar-refractivity contribution < 1.29 is 0 Å². The highest BCUT2D eigenvalue weighted by atomic mass is 28.3. The fourth-order valence-electron chi connectivity index (χ4n) is 1.96. The van der Waals surface area contributed by atoms with E-state index in [2.05, 4.69) is 58.0 Å². The molecule has 16 heavy (non-hydrogen) atoms. The smallest absolute Gasteiger partial charge is 0.0583 e. The van der Waals surface area contributed by atoms with E-state index in [4.69, 9.17) is 0 Å². The van der Waals surface area contributed by atoms with Crippen LogP contribution < -0.4 is 0 Å². The van der Waals surface area contributed by atoms with Gasteiger partial charge < -0.3 is 0 Å². The number of rotatable bonds is 5. The highest BCUT2D eigenvalue weighted by molar-refractivity contribution is 6.61. The second-order valence-corrected chi connectivity index (χ2v) is 9.18.